The minimum Gasteiger partial charge on any atom is -0.355 e. The van der Waals surface area contributed by atoms with Crippen molar-refractivity contribution in [2.75, 3.05) is 5.32 Å². The Labute approximate surface area is 137 Å². The number of hydrogen-bond acceptors (Lipinski definition) is 5. The number of nitrogens with zero attached hydrogens (tertiary/aromatic N) is 3. The molecule has 1 amide bonds. The fourth-order valence-electron chi connectivity index (χ4n) is 2.45. The molecule has 8 heteroatoms. The van der Waals surface area contributed by atoms with Crippen molar-refractivity contribution in [2.45, 2.75) is 19.9 Å². The van der Waals surface area contributed by atoms with E-state index in [4.69, 9.17) is 5.21 Å². The van der Waals surface area contributed by atoms with Crippen LogP contribution in [0.15, 0.2) is 36.7 Å². The van der Waals surface area contributed by atoms with E-state index in [1.165, 1.54) is 17.6 Å². The molecule has 3 aromatic rings. The fraction of sp³-hybridized carbons (Fsp3) is 0.188. The molecule has 0 saturated carbocycles. The topological polar surface area (TPSA) is 92.1 Å². The number of halogens is 1. The zero-order valence-corrected chi connectivity index (χ0v) is 13.0. The van der Waals surface area contributed by atoms with Gasteiger partial charge in [-0.15, -0.1) is 0 Å². The van der Waals surface area contributed by atoms with Gasteiger partial charge in [0.1, 0.15) is 5.82 Å². The van der Waals surface area contributed by atoms with E-state index in [9.17, 15) is 9.18 Å². The normalized spacial score (nSPS) is 10.8. The van der Waals surface area contributed by atoms with Crippen molar-refractivity contribution in [1.82, 2.24) is 20.2 Å². The van der Waals surface area contributed by atoms with Crippen LogP contribution in [0.25, 0.3) is 11.0 Å². The third-order valence-corrected chi connectivity index (χ3v) is 3.65. The van der Waals surface area contributed by atoms with Crippen molar-refractivity contribution in [2.24, 2.45) is 0 Å². The number of anilines is 2. The highest BCUT2D eigenvalue weighted by molar-refractivity contribution is 5.90. The van der Waals surface area contributed by atoms with Crippen LogP contribution in [0.1, 0.15) is 12.5 Å². The number of amides is 1. The minimum absolute atomic E-state index is 0.200. The second-order valence-electron chi connectivity index (χ2n) is 5.20. The number of aromatic nitrogens is 3. The van der Waals surface area contributed by atoms with Gasteiger partial charge in [0.25, 0.3) is 0 Å². The molecule has 0 spiro atoms. The number of pyridine rings is 1. The smallest absolute Gasteiger partial charge is 0.247 e. The zero-order valence-electron chi connectivity index (χ0n) is 13.0. The van der Waals surface area contributed by atoms with Crippen LogP contribution in [-0.4, -0.2) is 25.9 Å². The first-order valence-electron chi connectivity index (χ1n) is 7.41. The molecule has 7 nitrogen and oxygen atoms in total. The Balaban J connectivity index is 1.88. The second-order valence-corrected chi connectivity index (χ2v) is 5.20. The van der Waals surface area contributed by atoms with E-state index in [0.29, 0.717) is 12.2 Å². The van der Waals surface area contributed by atoms with Gasteiger partial charge in [0, 0.05) is 18.4 Å². The van der Waals surface area contributed by atoms with Gasteiger partial charge < -0.3 is 5.32 Å². The van der Waals surface area contributed by atoms with Gasteiger partial charge in [-0.2, -0.15) is 5.10 Å². The molecular weight excluding hydrogens is 313 g/mol. The predicted octanol–water partition coefficient (Wildman–Crippen LogP) is 2.38. The summed E-state index contributed by atoms with van der Waals surface area (Å²) < 4.78 is 15.9. The fourth-order valence-corrected chi connectivity index (χ4v) is 2.45. The molecule has 0 radical (unpaired) electrons. The van der Waals surface area contributed by atoms with E-state index in [0.717, 1.165) is 16.7 Å². The molecule has 0 aliphatic rings. The number of carbonyl (C=O) groups excluding carboxylic acids is 1. The van der Waals surface area contributed by atoms with Crippen LogP contribution in [0, 0.1) is 5.82 Å². The van der Waals surface area contributed by atoms with Gasteiger partial charge in [-0.1, -0.05) is 6.07 Å². The van der Waals surface area contributed by atoms with Gasteiger partial charge >= 0.3 is 0 Å². The van der Waals surface area contributed by atoms with Gasteiger partial charge in [-0.3, -0.25) is 10.0 Å². The Morgan fingerprint density at radius 2 is 2.21 bits per heavy atom. The summed E-state index contributed by atoms with van der Waals surface area (Å²) in [6.45, 7) is 2.68. The maximum atomic E-state index is 14.1. The van der Waals surface area contributed by atoms with Gasteiger partial charge in [0.2, 0.25) is 5.91 Å². The number of rotatable bonds is 5. The Morgan fingerprint density at radius 1 is 1.38 bits per heavy atom. The molecule has 0 bridgehead atoms. The second kappa shape index (κ2) is 6.63. The SMILES string of the molecule is CCn1ncc2c(Nc3ccc(CC(=O)NO)c(F)c3)ccnc21. The van der Waals surface area contributed by atoms with Crippen LogP contribution in [-0.2, 0) is 17.8 Å². The standard InChI is InChI=1S/C16H16FN5O2/c1-2-22-16-12(9-19-22)14(5-6-18-16)20-11-4-3-10(13(17)8-11)7-15(23)21-24/h3-6,8-9,24H,2,7H2,1H3,(H,18,20)(H,21,23). The summed E-state index contributed by atoms with van der Waals surface area (Å²) in [5, 5.41) is 16.7. The Morgan fingerprint density at radius 3 is 2.92 bits per heavy atom. The van der Waals surface area contributed by atoms with Crippen molar-refractivity contribution in [1.29, 1.82) is 0 Å². The van der Waals surface area contributed by atoms with Crippen LogP contribution in [0.4, 0.5) is 15.8 Å². The van der Waals surface area contributed by atoms with Crippen molar-refractivity contribution >= 4 is 28.3 Å². The lowest BCUT2D eigenvalue weighted by molar-refractivity contribution is -0.128. The highest BCUT2D eigenvalue weighted by Crippen LogP contribution is 2.26. The molecule has 2 aromatic heterocycles. The number of carbonyl (C=O) groups is 1. The van der Waals surface area contributed by atoms with E-state index in [1.807, 2.05) is 6.92 Å². The van der Waals surface area contributed by atoms with Crippen LogP contribution in [0.5, 0.6) is 0 Å². The van der Waals surface area contributed by atoms with Gasteiger partial charge in [0.15, 0.2) is 5.65 Å². The van der Waals surface area contributed by atoms with E-state index in [1.54, 1.807) is 29.2 Å². The lowest BCUT2D eigenvalue weighted by Gasteiger charge is -2.09. The summed E-state index contributed by atoms with van der Waals surface area (Å²) in [6.07, 6.45) is 3.14. The van der Waals surface area contributed by atoms with Crippen LogP contribution in [0.2, 0.25) is 0 Å². The molecule has 0 aliphatic carbocycles. The van der Waals surface area contributed by atoms with Crippen LogP contribution < -0.4 is 10.8 Å². The first kappa shape index (κ1) is 15.9. The molecule has 0 unspecified atom stereocenters. The number of aryl methyl sites for hydroxylation is 1. The summed E-state index contributed by atoms with van der Waals surface area (Å²) in [7, 11) is 0. The first-order chi connectivity index (χ1) is 11.6. The third-order valence-electron chi connectivity index (χ3n) is 3.65. The Kier molecular flexibility index (Phi) is 4.39. The minimum atomic E-state index is -0.669. The summed E-state index contributed by atoms with van der Waals surface area (Å²) in [5.41, 5.74) is 3.74. The molecule has 0 saturated heterocycles. The number of fused-ring (bicyclic) bond motifs is 1. The number of hydroxylamine groups is 1. The summed E-state index contributed by atoms with van der Waals surface area (Å²) in [6, 6.07) is 6.26. The molecule has 0 fully saturated rings. The van der Waals surface area contributed by atoms with Gasteiger partial charge in [-0.05, 0) is 30.7 Å². The summed E-state index contributed by atoms with van der Waals surface area (Å²) in [5.74, 6) is -1.20. The number of hydrogen-bond donors (Lipinski definition) is 3. The van der Waals surface area contributed by atoms with Crippen molar-refractivity contribution in [3.63, 3.8) is 0 Å². The Bertz CT molecular complexity index is 893. The molecule has 124 valence electrons. The molecular formula is C16H16FN5O2. The lowest BCUT2D eigenvalue weighted by atomic mass is 10.1. The number of nitrogens with one attached hydrogen (secondary N) is 2. The van der Waals surface area contributed by atoms with Crippen molar-refractivity contribution < 1.29 is 14.4 Å². The predicted molar refractivity (Wildman–Crippen MR) is 86.5 cm³/mol. The van der Waals surface area contributed by atoms with Gasteiger partial charge in [-0.25, -0.2) is 19.5 Å². The average Bonchev–Trinajstić information content (AvgIpc) is 3.01. The quantitative estimate of drug-likeness (QED) is 0.494. The summed E-state index contributed by atoms with van der Waals surface area (Å²) in [4.78, 5) is 15.4. The molecule has 0 atom stereocenters. The van der Waals surface area contributed by atoms with Crippen LogP contribution >= 0.6 is 0 Å². The molecule has 1 aromatic carbocycles. The maximum absolute atomic E-state index is 14.1. The zero-order chi connectivity index (χ0) is 17.1. The number of benzene rings is 1. The highest BCUT2D eigenvalue weighted by atomic mass is 19.1. The monoisotopic (exact) mass is 329 g/mol. The maximum Gasteiger partial charge on any atom is 0.247 e. The first-order valence-corrected chi connectivity index (χ1v) is 7.41. The lowest BCUT2D eigenvalue weighted by Crippen LogP contribution is -2.21. The molecule has 0 aliphatic heterocycles. The highest BCUT2D eigenvalue weighted by Gasteiger charge is 2.11. The third kappa shape index (κ3) is 3.04. The van der Waals surface area contributed by atoms with E-state index >= 15 is 0 Å². The molecule has 2 heterocycles. The van der Waals surface area contributed by atoms with Crippen molar-refractivity contribution in [3.8, 4) is 0 Å². The average molecular weight is 329 g/mol. The van der Waals surface area contributed by atoms with E-state index in [2.05, 4.69) is 15.4 Å². The Hall–Kier alpha value is -3.00. The van der Waals surface area contributed by atoms with Crippen molar-refractivity contribution in [3.05, 3.63) is 48.0 Å². The molecule has 3 rings (SSSR count). The molecule has 3 N–H and O–H groups in total. The molecule has 24 heavy (non-hydrogen) atoms. The summed E-state index contributed by atoms with van der Waals surface area (Å²) >= 11 is 0. The van der Waals surface area contributed by atoms with E-state index < -0.39 is 11.7 Å². The van der Waals surface area contributed by atoms with Gasteiger partial charge in [0.05, 0.1) is 23.7 Å². The van der Waals surface area contributed by atoms with Crippen LogP contribution in [0.3, 0.4) is 0 Å². The largest absolute Gasteiger partial charge is 0.355 e. The van der Waals surface area contributed by atoms with E-state index in [-0.39, 0.29) is 12.0 Å².